The molecule has 3 N–H and O–H groups in total. The molecular weight excluding hydrogens is 292 g/mol. The van der Waals surface area contributed by atoms with Crippen molar-refractivity contribution in [2.75, 3.05) is 5.32 Å². The van der Waals surface area contributed by atoms with E-state index in [9.17, 15) is 9.59 Å². The Kier molecular flexibility index (Phi) is 5.88. The predicted molar refractivity (Wildman–Crippen MR) is 89.1 cm³/mol. The number of carbonyl (C=O) groups excluding carboxylic acids is 1. The summed E-state index contributed by atoms with van der Waals surface area (Å²) in [7, 11) is 0. The zero-order valence-electron chi connectivity index (χ0n) is 13.0. The normalized spacial score (nSPS) is 11.7. The van der Waals surface area contributed by atoms with Crippen LogP contribution in [0, 0.1) is 6.92 Å². The highest BCUT2D eigenvalue weighted by atomic mass is 16.4. The van der Waals surface area contributed by atoms with Crippen LogP contribution in [0.15, 0.2) is 54.6 Å². The molecule has 0 fully saturated rings. The van der Waals surface area contributed by atoms with Crippen LogP contribution in [-0.4, -0.2) is 23.0 Å². The van der Waals surface area contributed by atoms with Gasteiger partial charge in [-0.2, -0.15) is 0 Å². The fourth-order valence-electron chi connectivity index (χ4n) is 2.22. The molecule has 0 aromatic heterocycles. The van der Waals surface area contributed by atoms with Crippen molar-refractivity contribution in [3.05, 3.63) is 65.7 Å². The first kappa shape index (κ1) is 16.7. The summed E-state index contributed by atoms with van der Waals surface area (Å²) >= 11 is 0. The van der Waals surface area contributed by atoms with Crippen LogP contribution >= 0.6 is 0 Å². The van der Waals surface area contributed by atoms with E-state index in [-0.39, 0.29) is 12.3 Å². The summed E-state index contributed by atoms with van der Waals surface area (Å²) in [4.78, 5) is 23.4. The van der Waals surface area contributed by atoms with E-state index in [0.717, 1.165) is 11.1 Å². The molecule has 1 amide bonds. The fourth-order valence-corrected chi connectivity index (χ4v) is 2.22. The fraction of sp³-hybridized carbons (Fsp3) is 0.222. The van der Waals surface area contributed by atoms with E-state index in [1.807, 2.05) is 55.5 Å². The van der Waals surface area contributed by atoms with Crippen LogP contribution < -0.4 is 10.6 Å². The van der Waals surface area contributed by atoms with Crippen LogP contribution in [0.4, 0.5) is 5.69 Å². The lowest BCUT2D eigenvalue weighted by molar-refractivity contribution is -0.139. The number of rotatable bonds is 7. The number of anilines is 1. The highest BCUT2D eigenvalue weighted by molar-refractivity contribution is 5.96. The lowest BCUT2D eigenvalue weighted by Gasteiger charge is -2.17. The van der Waals surface area contributed by atoms with Gasteiger partial charge in [-0.15, -0.1) is 0 Å². The third-order valence-corrected chi connectivity index (χ3v) is 3.38. The summed E-state index contributed by atoms with van der Waals surface area (Å²) in [6.45, 7) is 2.36. The van der Waals surface area contributed by atoms with Gasteiger partial charge in [-0.05, 0) is 30.2 Å². The second-order valence-corrected chi connectivity index (χ2v) is 5.38. The maximum atomic E-state index is 12.3. The van der Waals surface area contributed by atoms with Crippen LogP contribution in [0.5, 0.6) is 0 Å². The molecule has 5 nitrogen and oxygen atoms in total. The highest BCUT2D eigenvalue weighted by Crippen LogP contribution is 2.11. The van der Waals surface area contributed by atoms with Gasteiger partial charge in [0.25, 0.3) is 0 Å². The number of aryl methyl sites for hydroxylation is 1. The predicted octanol–water partition coefficient (Wildman–Crippen LogP) is 2.57. The van der Waals surface area contributed by atoms with Crippen molar-refractivity contribution in [3.8, 4) is 0 Å². The smallest absolute Gasteiger partial charge is 0.305 e. The molecule has 0 bridgehead atoms. The third kappa shape index (κ3) is 5.56. The second-order valence-electron chi connectivity index (χ2n) is 5.38. The molecule has 1 atom stereocenters. The number of carboxylic acids is 1. The molecule has 120 valence electrons. The molecule has 0 aliphatic carbocycles. The minimum atomic E-state index is -1.02. The minimum Gasteiger partial charge on any atom is -0.481 e. The SMILES string of the molecule is Cc1cccc(NC(=O)C(CC(=O)O)NCc2ccccc2)c1. The maximum absolute atomic E-state index is 12.3. The Morgan fingerprint density at radius 3 is 2.48 bits per heavy atom. The molecule has 0 aliphatic rings. The summed E-state index contributed by atoms with van der Waals surface area (Å²) < 4.78 is 0. The summed E-state index contributed by atoms with van der Waals surface area (Å²) in [5.41, 5.74) is 2.67. The van der Waals surface area contributed by atoms with Gasteiger partial charge in [0.15, 0.2) is 0 Å². The van der Waals surface area contributed by atoms with Gasteiger partial charge in [0.1, 0.15) is 0 Å². The number of carbonyl (C=O) groups is 2. The molecule has 2 aromatic carbocycles. The van der Waals surface area contributed by atoms with Crippen molar-refractivity contribution in [1.29, 1.82) is 0 Å². The van der Waals surface area contributed by atoms with Crippen LogP contribution in [0.25, 0.3) is 0 Å². The third-order valence-electron chi connectivity index (χ3n) is 3.38. The number of hydrogen-bond acceptors (Lipinski definition) is 3. The molecule has 0 saturated heterocycles. The van der Waals surface area contributed by atoms with Gasteiger partial charge in [0.2, 0.25) is 5.91 Å². The summed E-state index contributed by atoms with van der Waals surface area (Å²) in [5, 5.41) is 14.8. The zero-order chi connectivity index (χ0) is 16.7. The van der Waals surface area contributed by atoms with Gasteiger partial charge in [-0.1, -0.05) is 42.5 Å². The van der Waals surface area contributed by atoms with Gasteiger partial charge in [0.05, 0.1) is 12.5 Å². The van der Waals surface area contributed by atoms with Crippen molar-refractivity contribution in [2.45, 2.75) is 25.9 Å². The van der Waals surface area contributed by atoms with Gasteiger partial charge in [0, 0.05) is 12.2 Å². The van der Waals surface area contributed by atoms with Crippen molar-refractivity contribution in [3.63, 3.8) is 0 Å². The minimum absolute atomic E-state index is 0.273. The first-order chi connectivity index (χ1) is 11.0. The molecule has 0 spiro atoms. The summed E-state index contributed by atoms with van der Waals surface area (Å²) in [6.07, 6.45) is -0.273. The average molecular weight is 312 g/mol. The van der Waals surface area contributed by atoms with Crippen molar-refractivity contribution in [1.82, 2.24) is 5.32 Å². The largest absolute Gasteiger partial charge is 0.481 e. The molecule has 2 aromatic rings. The van der Waals surface area contributed by atoms with Gasteiger partial charge in [-0.25, -0.2) is 0 Å². The molecule has 1 unspecified atom stereocenters. The molecule has 0 aliphatic heterocycles. The molecule has 23 heavy (non-hydrogen) atoms. The van der Waals surface area contributed by atoms with Gasteiger partial charge >= 0.3 is 5.97 Å². The van der Waals surface area contributed by atoms with Crippen molar-refractivity contribution >= 4 is 17.6 Å². The lowest BCUT2D eigenvalue weighted by atomic mass is 10.1. The highest BCUT2D eigenvalue weighted by Gasteiger charge is 2.21. The van der Waals surface area contributed by atoms with Crippen LogP contribution in [0.1, 0.15) is 17.5 Å². The van der Waals surface area contributed by atoms with Crippen LogP contribution in [0.2, 0.25) is 0 Å². The van der Waals surface area contributed by atoms with E-state index >= 15 is 0 Å². The number of carboxylic acid groups (broad SMARTS) is 1. The van der Waals surface area contributed by atoms with E-state index in [0.29, 0.717) is 12.2 Å². The molecular formula is C18H20N2O3. The van der Waals surface area contributed by atoms with E-state index in [1.54, 1.807) is 6.07 Å². The Morgan fingerprint density at radius 2 is 1.83 bits per heavy atom. The number of nitrogens with one attached hydrogen (secondary N) is 2. The van der Waals surface area contributed by atoms with E-state index in [2.05, 4.69) is 10.6 Å². The average Bonchev–Trinajstić information content (AvgIpc) is 2.52. The number of aliphatic carboxylic acids is 1. The Morgan fingerprint density at radius 1 is 1.09 bits per heavy atom. The van der Waals surface area contributed by atoms with Gasteiger partial charge in [-0.3, -0.25) is 9.59 Å². The standard InChI is InChI=1S/C18H20N2O3/c1-13-6-5-9-15(10-13)20-18(23)16(11-17(21)22)19-12-14-7-3-2-4-8-14/h2-10,16,19H,11-12H2,1H3,(H,20,23)(H,21,22). The Balaban J connectivity index is 2.01. The Labute approximate surface area is 135 Å². The molecule has 2 rings (SSSR count). The first-order valence-electron chi connectivity index (χ1n) is 7.41. The van der Waals surface area contributed by atoms with E-state index < -0.39 is 12.0 Å². The first-order valence-corrected chi connectivity index (χ1v) is 7.41. The molecule has 5 heteroatoms. The van der Waals surface area contributed by atoms with Crippen molar-refractivity contribution < 1.29 is 14.7 Å². The Hall–Kier alpha value is -2.66. The number of hydrogen-bond donors (Lipinski definition) is 3. The van der Waals surface area contributed by atoms with Gasteiger partial charge < -0.3 is 15.7 Å². The van der Waals surface area contributed by atoms with E-state index in [4.69, 9.17) is 5.11 Å². The molecule has 0 saturated carbocycles. The maximum Gasteiger partial charge on any atom is 0.305 e. The lowest BCUT2D eigenvalue weighted by Crippen LogP contribution is -2.41. The quantitative estimate of drug-likeness (QED) is 0.734. The van der Waals surface area contributed by atoms with Crippen LogP contribution in [-0.2, 0) is 16.1 Å². The second kappa shape index (κ2) is 8.10. The summed E-state index contributed by atoms with van der Waals surface area (Å²) in [5.74, 6) is -1.37. The zero-order valence-corrected chi connectivity index (χ0v) is 13.0. The monoisotopic (exact) mass is 312 g/mol. The van der Waals surface area contributed by atoms with Crippen molar-refractivity contribution in [2.24, 2.45) is 0 Å². The molecule has 0 radical (unpaired) electrons. The topological polar surface area (TPSA) is 78.4 Å². The number of amides is 1. The van der Waals surface area contributed by atoms with Crippen LogP contribution in [0.3, 0.4) is 0 Å². The number of benzene rings is 2. The molecule has 0 heterocycles. The summed E-state index contributed by atoms with van der Waals surface area (Å²) in [6, 6.07) is 16.1. The Bertz CT molecular complexity index is 671. The van der Waals surface area contributed by atoms with E-state index in [1.165, 1.54) is 0 Å².